The molecule has 0 unspecified atom stereocenters. The molecular formula is C18H20O3. The van der Waals surface area contributed by atoms with E-state index >= 15 is 0 Å². The lowest BCUT2D eigenvalue weighted by molar-refractivity contribution is 0.171. The average molecular weight is 284 g/mol. The summed E-state index contributed by atoms with van der Waals surface area (Å²) in [6, 6.07) is 12.3. The Labute approximate surface area is 125 Å². The van der Waals surface area contributed by atoms with E-state index in [1.165, 1.54) is 16.7 Å². The Balaban J connectivity index is 0.000000126. The fourth-order valence-electron chi connectivity index (χ4n) is 2.47. The lowest BCUT2D eigenvalue weighted by Crippen LogP contribution is -2.15. The van der Waals surface area contributed by atoms with E-state index in [1.54, 1.807) is 0 Å². The lowest BCUT2D eigenvalue weighted by atomic mass is 10.1. The summed E-state index contributed by atoms with van der Waals surface area (Å²) >= 11 is 0. The Morgan fingerprint density at radius 2 is 1.29 bits per heavy atom. The van der Waals surface area contributed by atoms with E-state index in [4.69, 9.17) is 14.2 Å². The monoisotopic (exact) mass is 284 g/mol. The van der Waals surface area contributed by atoms with Gasteiger partial charge >= 0.3 is 0 Å². The number of benzene rings is 2. The van der Waals surface area contributed by atoms with Crippen molar-refractivity contribution in [3.05, 3.63) is 53.1 Å². The maximum absolute atomic E-state index is 5.38. The standard InChI is InChI=1S/C9H10O2.C9H10O/c1-7-2-3-8-9(6-7)11-5-4-10-8;1-7-2-3-9-8(6-7)4-5-10-9/h2-3,6H,4-5H2,1H3;2-3,6H,4-5H2,1H3. The van der Waals surface area contributed by atoms with Gasteiger partial charge in [0, 0.05) is 6.42 Å². The molecule has 0 amide bonds. The number of aryl methyl sites for hydroxylation is 2. The van der Waals surface area contributed by atoms with Crippen molar-refractivity contribution in [3.63, 3.8) is 0 Å². The number of hydrogen-bond donors (Lipinski definition) is 0. The van der Waals surface area contributed by atoms with Crippen molar-refractivity contribution in [1.82, 2.24) is 0 Å². The number of rotatable bonds is 0. The number of hydrogen-bond acceptors (Lipinski definition) is 3. The van der Waals surface area contributed by atoms with Gasteiger partial charge in [-0.15, -0.1) is 0 Å². The molecule has 0 saturated carbocycles. The quantitative estimate of drug-likeness (QED) is 0.738. The van der Waals surface area contributed by atoms with Crippen LogP contribution in [0.4, 0.5) is 0 Å². The van der Waals surface area contributed by atoms with Crippen molar-refractivity contribution >= 4 is 0 Å². The summed E-state index contributed by atoms with van der Waals surface area (Å²) in [6.07, 6.45) is 1.08. The highest BCUT2D eigenvalue weighted by Gasteiger charge is 2.10. The first-order chi connectivity index (χ1) is 10.2. The minimum absolute atomic E-state index is 0.663. The largest absolute Gasteiger partial charge is 0.493 e. The molecule has 0 N–H and O–H groups in total. The fourth-order valence-corrected chi connectivity index (χ4v) is 2.47. The first-order valence-electron chi connectivity index (χ1n) is 7.31. The molecule has 3 nitrogen and oxygen atoms in total. The Kier molecular flexibility index (Phi) is 4.00. The van der Waals surface area contributed by atoms with E-state index in [2.05, 4.69) is 25.1 Å². The zero-order valence-electron chi connectivity index (χ0n) is 12.5. The van der Waals surface area contributed by atoms with Crippen molar-refractivity contribution in [2.45, 2.75) is 20.3 Å². The molecule has 3 heteroatoms. The predicted molar refractivity (Wildman–Crippen MR) is 82.5 cm³/mol. The third-order valence-electron chi connectivity index (χ3n) is 3.54. The second kappa shape index (κ2) is 6.08. The Morgan fingerprint density at radius 3 is 2.10 bits per heavy atom. The topological polar surface area (TPSA) is 27.7 Å². The number of fused-ring (bicyclic) bond motifs is 2. The van der Waals surface area contributed by atoms with Crippen molar-refractivity contribution in [2.75, 3.05) is 19.8 Å². The minimum Gasteiger partial charge on any atom is -0.493 e. The van der Waals surface area contributed by atoms with Crippen LogP contribution in [-0.2, 0) is 6.42 Å². The molecule has 4 rings (SSSR count). The molecule has 0 saturated heterocycles. The maximum atomic E-state index is 5.38. The SMILES string of the molecule is Cc1ccc2c(c1)CCO2.Cc1ccc2c(c1)OCCO2. The normalized spacial score (nSPS) is 14.6. The van der Waals surface area contributed by atoms with Crippen LogP contribution in [0.1, 0.15) is 16.7 Å². The van der Waals surface area contributed by atoms with Crippen LogP contribution in [0.15, 0.2) is 36.4 Å². The summed E-state index contributed by atoms with van der Waals surface area (Å²) in [5.74, 6) is 2.81. The Morgan fingerprint density at radius 1 is 0.667 bits per heavy atom. The highest BCUT2D eigenvalue weighted by Crippen LogP contribution is 2.30. The molecule has 2 heterocycles. The van der Waals surface area contributed by atoms with Crippen LogP contribution in [0.5, 0.6) is 17.2 Å². The van der Waals surface area contributed by atoms with Gasteiger partial charge in [-0.25, -0.2) is 0 Å². The van der Waals surface area contributed by atoms with E-state index in [0.29, 0.717) is 13.2 Å². The van der Waals surface area contributed by atoms with Gasteiger partial charge in [-0.2, -0.15) is 0 Å². The van der Waals surface area contributed by atoms with Crippen molar-refractivity contribution in [2.24, 2.45) is 0 Å². The summed E-state index contributed by atoms with van der Waals surface area (Å²) < 4.78 is 16.1. The molecule has 2 aliphatic heterocycles. The summed E-state index contributed by atoms with van der Waals surface area (Å²) in [5.41, 5.74) is 3.89. The Hall–Kier alpha value is -2.16. The van der Waals surface area contributed by atoms with E-state index in [1.807, 2.05) is 25.1 Å². The Bertz CT molecular complexity index is 634. The van der Waals surface area contributed by atoms with E-state index < -0.39 is 0 Å². The second-order valence-corrected chi connectivity index (χ2v) is 5.36. The summed E-state index contributed by atoms with van der Waals surface area (Å²) in [5, 5.41) is 0. The highest BCUT2D eigenvalue weighted by molar-refractivity contribution is 5.43. The molecule has 110 valence electrons. The van der Waals surface area contributed by atoms with Crippen molar-refractivity contribution in [3.8, 4) is 17.2 Å². The third-order valence-corrected chi connectivity index (χ3v) is 3.54. The van der Waals surface area contributed by atoms with E-state index in [0.717, 1.165) is 30.3 Å². The summed E-state index contributed by atoms with van der Waals surface area (Å²) in [6.45, 7) is 6.34. The first kappa shape index (κ1) is 13.8. The number of ether oxygens (including phenoxy) is 3. The molecule has 2 aromatic rings. The molecule has 2 aromatic carbocycles. The molecular weight excluding hydrogens is 264 g/mol. The van der Waals surface area contributed by atoms with Gasteiger partial charge in [0.1, 0.15) is 19.0 Å². The fraction of sp³-hybridized carbons (Fsp3) is 0.333. The van der Waals surface area contributed by atoms with Crippen LogP contribution in [0.25, 0.3) is 0 Å². The minimum atomic E-state index is 0.663. The second-order valence-electron chi connectivity index (χ2n) is 5.36. The van der Waals surface area contributed by atoms with Gasteiger partial charge in [0.05, 0.1) is 6.61 Å². The molecule has 0 atom stereocenters. The van der Waals surface area contributed by atoms with E-state index in [-0.39, 0.29) is 0 Å². The van der Waals surface area contributed by atoms with Crippen LogP contribution in [0.3, 0.4) is 0 Å². The van der Waals surface area contributed by atoms with E-state index in [9.17, 15) is 0 Å². The van der Waals surface area contributed by atoms with Gasteiger partial charge < -0.3 is 14.2 Å². The van der Waals surface area contributed by atoms with Crippen LogP contribution < -0.4 is 14.2 Å². The van der Waals surface area contributed by atoms with Crippen LogP contribution >= 0.6 is 0 Å². The first-order valence-corrected chi connectivity index (χ1v) is 7.31. The molecule has 0 spiro atoms. The molecule has 0 bridgehead atoms. The third kappa shape index (κ3) is 3.30. The summed E-state index contributed by atoms with van der Waals surface area (Å²) in [7, 11) is 0. The highest BCUT2D eigenvalue weighted by atomic mass is 16.6. The van der Waals surface area contributed by atoms with Crippen molar-refractivity contribution < 1.29 is 14.2 Å². The zero-order chi connectivity index (χ0) is 14.7. The molecule has 21 heavy (non-hydrogen) atoms. The van der Waals surface area contributed by atoms with Gasteiger partial charge in [-0.1, -0.05) is 23.8 Å². The van der Waals surface area contributed by atoms with Gasteiger partial charge in [-0.3, -0.25) is 0 Å². The molecule has 0 aliphatic carbocycles. The molecule has 2 aliphatic rings. The van der Waals surface area contributed by atoms with Gasteiger partial charge in [-0.05, 0) is 43.2 Å². The van der Waals surface area contributed by atoms with Gasteiger partial charge in [0.25, 0.3) is 0 Å². The van der Waals surface area contributed by atoms with Gasteiger partial charge in [0.15, 0.2) is 11.5 Å². The van der Waals surface area contributed by atoms with Crippen LogP contribution in [-0.4, -0.2) is 19.8 Å². The van der Waals surface area contributed by atoms with Gasteiger partial charge in [0.2, 0.25) is 0 Å². The zero-order valence-corrected chi connectivity index (χ0v) is 12.5. The smallest absolute Gasteiger partial charge is 0.161 e. The molecule has 0 radical (unpaired) electrons. The van der Waals surface area contributed by atoms with Crippen LogP contribution in [0, 0.1) is 13.8 Å². The maximum Gasteiger partial charge on any atom is 0.161 e. The lowest BCUT2D eigenvalue weighted by Gasteiger charge is -2.18. The van der Waals surface area contributed by atoms with Crippen molar-refractivity contribution in [1.29, 1.82) is 0 Å². The predicted octanol–water partition coefficient (Wildman–Crippen LogP) is 3.70. The van der Waals surface area contributed by atoms with Crippen LogP contribution in [0.2, 0.25) is 0 Å². The molecule has 0 fully saturated rings. The molecule has 0 aromatic heterocycles. The average Bonchev–Trinajstić information content (AvgIpc) is 2.95. The summed E-state index contributed by atoms with van der Waals surface area (Å²) in [4.78, 5) is 0.